The van der Waals surface area contributed by atoms with Crippen LogP contribution in [0.2, 0.25) is 0 Å². The van der Waals surface area contributed by atoms with Crippen LogP contribution in [0.3, 0.4) is 0 Å². The van der Waals surface area contributed by atoms with Crippen molar-refractivity contribution >= 4 is 23.2 Å². The molecule has 106 valence electrons. The van der Waals surface area contributed by atoms with E-state index in [1.807, 2.05) is 12.3 Å². The molecule has 0 bridgehead atoms. The third-order valence-corrected chi connectivity index (χ3v) is 4.26. The number of nitrogens with one attached hydrogen (secondary N) is 1. The lowest BCUT2D eigenvalue weighted by molar-refractivity contribution is -0.152. The summed E-state index contributed by atoms with van der Waals surface area (Å²) in [6, 6.07) is 0. The quantitative estimate of drug-likeness (QED) is 0.805. The molecular weight excluding hydrogens is 264 g/mol. The van der Waals surface area contributed by atoms with E-state index in [0.717, 1.165) is 10.7 Å². The van der Waals surface area contributed by atoms with Crippen LogP contribution >= 0.6 is 11.3 Å². The van der Waals surface area contributed by atoms with Crippen molar-refractivity contribution < 1.29 is 14.7 Å². The zero-order chi connectivity index (χ0) is 14.5. The van der Waals surface area contributed by atoms with Gasteiger partial charge in [0.15, 0.2) is 0 Å². The van der Waals surface area contributed by atoms with E-state index in [9.17, 15) is 14.7 Å². The average molecular weight is 284 g/mol. The Morgan fingerprint density at radius 1 is 1.42 bits per heavy atom. The molecule has 1 aromatic rings. The molecule has 2 N–H and O–H groups in total. The van der Waals surface area contributed by atoms with Crippen molar-refractivity contribution in [2.24, 2.45) is 5.41 Å². The monoisotopic (exact) mass is 284 g/mol. The number of hydrogen-bond acceptors (Lipinski definition) is 4. The van der Waals surface area contributed by atoms with Crippen LogP contribution in [0.25, 0.3) is 0 Å². The molecule has 1 aromatic heterocycles. The van der Waals surface area contributed by atoms with Crippen LogP contribution in [0.4, 0.5) is 0 Å². The van der Waals surface area contributed by atoms with Crippen LogP contribution in [-0.4, -0.2) is 22.0 Å². The second-order valence-corrected chi connectivity index (χ2v) is 5.67. The minimum absolute atomic E-state index is 0.0124. The van der Waals surface area contributed by atoms with Gasteiger partial charge in [0.25, 0.3) is 0 Å². The lowest BCUT2D eigenvalue weighted by atomic mass is 9.79. The Kier molecular flexibility index (Phi) is 5.47. The minimum Gasteiger partial charge on any atom is -0.481 e. The molecule has 0 radical (unpaired) electrons. The summed E-state index contributed by atoms with van der Waals surface area (Å²) < 4.78 is 0. The molecule has 0 saturated carbocycles. The predicted molar refractivity (Wildman–Crippen MR) is 74.0 cm³/mol. The van der Waals surface area contributed by atoms with Gasteiger partial charge in [-0.1, -0.05) is 13.8 Å². The van der Waals surface area contributed by atoms with Gasteiger partial charge in [0.1, 0.15) is 0 Å². The standard InChI is InChI=1S/C13H20N2O3S/c1-4-13(5-2,12(17)18)6-11(16)14-7-10-8-19-9(3)15-10/h8H,4-7H2,1-3H3,(H,14,16)(H,17,18). The molecule has 0 fully saturated rings. The first-order valence-electron chi connectivity index (χ1n) is 6.34. The van der Waals surface area contributed by atoms with Gasteiger partial charge in [-0.05, 0) is 19.8 Å². The third kappa shape index (κ3) is 4.02. The highest BCUT2D eigenvalue weighted by molar-refractivity contribution is 7.09. The zero-order valence-corrected chi connectivity index (χ0v) is 12.3. The topological polar surface area (TPSA) is 79.3 Å². The van der Waals surface area contributed by atoms with E-state index < -0.39 is 11.4 Å². The molecule has 19 heavy (non-hydrogen) atoms. The van der Waals surface area contributed by atoms with Gasteiger partial charge in [0, 0.05) is 11.8 Å². The summed E-state index contributed by atoms with van der Waals surface area (Å²) in [5.41, 5.74) is -0.146. The Morgan fingerprint density at radius 3 is 2.47 bits per heavy atom. The number of aryl methyl sites for hydroxylation is 1. The van der Waals surface area contributed by atoms with E-state index >= 15 is 0 Å². The minimum atomic E-state index is -0.956. The maximum atomic E-state index is 11.9. The van der Waals surface area contributed by atoms with E-state index in [0.29, 0.717) is 19.4 Å². The van der Waals surface area contributed by atoms with Crippen LogP contribution in [0.5, 0.6) is 0 Å². The fraction of sp³-hybridized carbons (Fsp3) is 0.615. The molecule has 0 aliphatic heterocycles. The van der Waals surface area contributed by atoms with Crippen molar-refractivity contribution in [3.63, 3.8) is 0 Å². The number of aliphatic carboxylic acids is 1. The molecule has 5 nitrogen and oxygen atoms in total. The number of carbonyl (C=O) groups excluding carboxylic acids is 1. The number of carbonyl (C=O) groups is 2. The van der Waals surface area contributed by atoms with Crippen molar-refractivity contribution in [3.8, 4) is 0 Å². The average Bonchev–Trinajstić information content (AvgIpc) is 2.79. The van der Waals surface area contributed by atoms with E-state index in [1.54, 1.807) is 13.8 Å². The highest BCUT2D eigenvalue weighted by Gasteiger charge is 2.36. The number of nitrogens with zero attached hydrogens (tertiary/aromatic N) is 1. The SMILES string of the molecule is CCC(CC)(CC(=O)NCc1csc(C)n1)C(=O)O. The van der Waals surface area contributed by atoms with Crippen LogP contribution < -0.4 is 5.32 Å². The fourth-order valence-electron chi connectivity index (χ4n) is 1.93. The van der Waals surface area contributed by atoms with Crippen LogP contribution in [0, 0.1) is 12.3 Å². The number of aromatic nitrogens is 1. The van der Waals surface area contributed by atoms with Crippen molar-refractivity contribution in [1.29, 1.82) is 0 Å². The highest BCUT2D eigenvalue weighted by atomic mass is 32.1. The van der Waals surface area contributed by atoms with Gasteiger partial charge in [-0.2, -0.15) is 0 Å². The lowest BCUT2D eigenvalue weighted by Gasteiger charge is -2.25. The summed E-state index contributed by atoms with van der Waals surface area (Å²) in [7, 11) is 0. The van der Waals surface area contributed by atoms with Gasteiger partial charge in [-0.15, -0.1) is 11.3 Å². The summed E-state index contributed by atoms with van der Waals surface area (Å²) in [5, 5.41) is 14.8. The number of carboxylic acid groups (broad SMARTS) is 1. The smallest absolute Gasteiger partial charge is 0.310 e. The summed E-state index contributed by atoms with van der Waals surface area (Å²) in [5.74, 6) is -1.14. The second-order valence-electron chi connectivity index (χ2n) is 4.60. The first-order valence-corrected chi connectivity index (χ1v) is 7.22. The summed E-state index contributed by atoms with van der Waals surface area (Å²) >= 11 is 1.53. The fourth-order valence-corrected chi connectivity index (χ4v) is 2.54. The van der Waals surface area contributed by atoms with Crippen molar-refractivity contribution in [3.05, 3.63) is 16.1 Å². The summed E-state index contributed by atoms with van der Waals surface area (Å²) in [4.78, 5) is 27.4. The predicted octanol–water partition coefficient (Wildman–Crippen LogP) is 2.35. The van der Waals surface area contributed by atoms with E-state index in [4.69, 9.17) is 0 Å². The van der Waals surface area contributed by atoms with Crippen LogP contribution in [0.15, 0.2) is 5.38 Å². The summed E-state index contributed by atoms with van der Waals surface area (Å²) in [6.45, 7) is 5.86. The molecule has 0 atom stereocenters. The Labute approximate surface area is 117 Å². The van der Waals surface area contributed by atoms with Crippen LogP contribution in [0.1, 0.15) is 43.8 Å². The Bertz CT molecular complexity index is 452. The second kappa shape index (κ2) is 6.65. The lowest BCUT2D eigenvalue weighted by Crippen LogP contribution is -2.36. The molecule has 6 heteroatoms. The number of rotatable bonds is 7. The zero-order valence-electron chi connectivity index (χ0n) is 11.5. The largest absolute Gasteiger partial charge is 0.481 e. The molecule has 0 aliphatic rings. The Hall–Kier alpha value is -1.43. The van der Waals surface area contributed by atoms with Crippen molar-refractivity contribution in [1.82, 2.24) is 10.3 Å². The highest BCUT2D eigenvalue weighted by Crippen LogP contribution is 2.30. The Balaban J connectivity index is 2.56. The van der Waals surface area contributed by atoms with Crippen molar-refractivity contribution in [2.45, 2.75) is 46.6 Å². The van der Waals surface area contributed by atoms with E-state index in [1.165, 1.54) is 11.3 Å². The molecule has 0 saturated heterocycles. The number of amides is 1. The molecule has 0 aromatic carbocycles. The first-order chi connectivity index (χ1) is 8.93. The maximum absolute atomic E-state index is 11.9. The number of hydrogen-bond donors (Lipinski definition) is 2. The van der Waals surface area contributed by atoms with E-state index in [-0.39, 0.29) is 12.3 Å². The molecule has 0 unspecified atom stereocenters. The molecular formula is C13H20N2O3S. The van der Waals surface area contributed by atoms with Gasteiger partial charge in [-0.25, -0.2) is 4.98 Å². The van der Waals surface area contributed by atoms with Gasteiger partial charge >= 0.3 is 5.97 Å². The van der Waals surface area contributed by atoms with E-state index in [2.05, 4.69) is 10.3 Å². The maximum Gasteiger partial charge on any atom is 0.310 e. The summed E-state index contributed by atoms with van der Waals surface area (Å²) in [6.07, 6.45) is 0.905. The molecule has 1 rings (SSSR count). The molecule has 1 amide bonds. The first kappa shape index (κ1) is 15.6. The van der Waals surface area contributed by atoms with Gasteiger partial charge < -0.3 is 10.4 Å². The van der Waals surface area contributed by atoms with Gasteiger partial charge in [-0.3, -0.25) is 9.59 Å². The molecule has 0 spiro atoms. The Morgan fingerprint density at radius 2 is 2.05 bits per heavy atom. The number of thiazole rings is 1. The van der Waals surface area contributed by atoms with Crippen molar-refractivity contribution in [2.75, 3.05) is 0 Å². The molecule has 0 aliphatic carbocycles. The van der Waals surface area contributed by atoms with Crippen LogP contribution in [-0.2, 0) is 16.1 Å². The molecule has 1 heterocycles. The third-order valence-electron chi connectivity index (χ3n) is 3.44. The van der Waals surface area contributed by atoms with Gasteiger partial charge in [0.2, 0.25) is 5.91 Å². The normalized spacial score (nSPS) is 11.3. The van der Waals surface area contributed by atoms with Gasteiger partial charge in [0.05, 0.1) is 22.7 Å². The number of carboxylic acids is 1.